The largest absolute Gasteiger partial charge is 0.326 e. The fraction of sp³-hybridized carbons (Fsp3) is 0.867. The van der Waals surface area contributed by atoms with E-state index in [4.69, 9.17) is 5.73 Å². The molecule has 0 aromatic carbocycles. The van der Waals surface area contributed by atoms with Crippen LogP contribution in [-0.2, 0) is 19.4 Å². The smallest absolute Gasteiger partial charge is 0.134 e. The van der Waals surface area contributed by atoms with Crippen LogP contribution in [0.5, 0.6) is 0 Å². The minimum Gasteiger partial charge on any atom is -0.326 e. The van der Waals surface area contributed by atoms with Gasteiger partial charge in [0.15, 0.2) is 0 Å². The van der Waals surface area contributed by atoms with Crippen LogP contribution in [0.1, 0.15) is 51.2 Å². The number of aromatic nitrogens is 3. The van der Waals surface area contributed by atoms with E-state index in [1.165, 1.54) is 25.8 Å². The summed E-state index contributed by atoms with van der Waals surface area (Å²) in [7, 11) is 0. The maximum Gasteiger partial charge on any atom is 0.134 e. The van der Waals surface area contributed by atoms with Crippen LogP contribution in [0, 0.1) is 0 Å². The monoisotopic (exact) mass is 277 g/mol. The minimum absolute atomic E-state index is 0.268. The van der Waals surface area contributed by atoms with Crippen molar-refractivity contribution in [2.24, 2.45) is 5.73 Å². The molecule has 1 aromatic heterocycles. The van der Waals surface area contributed by atoms with E-state index in [2.05, 4.69) is 33.5 Å². The summed E-state index contributed by atoms with van der Waals surface area (Å²) in [5.41, 5.74) is 6.10. The summed E-state index contributed by atoms with van der Waals surface area (Å²) < 4.78 is 2.28. The second kappa shape index (κ2) is 5.82. The first-order chi connectivity index (χ1) is 9.65. The van der Waals surface area contributed by atoms with Gasteiger partial charge in [0.25, 0.3) is 0 Å². The molecule has 3 heterocycles. The molecule has 20 heavy (non-hydrogen) atoms. The van der Waals surface area contributed by atoms with E-state index >= 15 is 0 Å². The molecule has 5 heteroatoms. The summed E-state index contributed by atoms with van der Waals surface area (Å²) >= 11 is 0. The van der Waals surface area contributed by atoms with Crippen molar-refractivity contribution < 1.29 is 0 Å². The Morgan fingerprint density at radius 2 is 2.10 bits per heavy atom. The fourth-order valence-electron chi connectivity index (χ4n) is 3.69. The van der Waals surface area contributed by atoms with Crippen LogP contribution in [0.15, 0.2) is 0 Å². The van der Waals surface area contributed by atoms with E-state index in [1.54, 1.807) is 0 Å². The van der Waals surface area contributed by atoms with Crippen molar-refractivity contribution in [3.63, 3.8) is 0 Å². The molecule has 0 amide bonds. The lowest BCUT2D eigenvalue weighted by Gasteiger charge is -2.38. The minimum atomic E-state index is 0.268. The summed E-state index contributed by atoms with van der Waals surface area (Å²) in [5.74, 6) is 2.28. The van der Waals surface area contributed by atoms with Crippen molar-refractivity contribution in [1.29, 1.82) is 0 Å². The Morgan fingerprint density at radius 1 is 1.25 bits per heavy atom. The maximum atomic E-state index is 6.10. The molecular weight excluding hydrogens is 250 g/mol. The number of nitrogens with zero attached hydrogens (tertiary/aromatic N) is 4. The van der Waals surface area contributed by atoms with E-state index in [0.717, 1.165) is 37.5 Å². The number of likely N-dealkylation sites (tertiary alicyclic amines) is 1. The molecule has 2 aliphatic rings. The number of piperidine rings is 1. The Hall–Kier alpha value is -0.940. The van der Waals surface area contributed by atoms with Gasteiger partial charge in [0.2, 0.25) is 0 Å². The summed E-state index contributed by atoms with van der Waals surface area (Å²) in [4.78, 5) is 2.63. The maximum absolute atomic E-state index is 6.10. The Kier molecular flexibility index (Phi) is 4.08. The zero-order valence-electron chi connectivity index (χ0n) is 12.8. The van der Waals surface area contributed by atoms with Gasteiger partial charge in [0.1, 0.15) is 11.6 Å². The zero-order valence-corrected chi connectivity index (χ0v) is 12.8. The third kappa shape index (κ3) is 2.74. The third-order valence-electron chi connectivity index (χ3n) is 4.81. The van der Waals surface area contributed by atoms with Crippen molar-refractivity contribution in [1.82, 2.24) is 19.7 Å². The highest BCUT2D eigenvalue weighted by Gasteiger charge is 2.28. The van der Waals surface area contributed by atoms with Crippen LogP contribution in [0.25, 0.3) is 0 Å². The van der Waals surface area contributed by atoms with Gasteiger partial charge in [-0.1, -0.05) is 6.42 Å². The van der Waals surface area contributed by atoms with E-state index in [-0.39, 0.29) is 6.04 Å². The molecule has 2 aliphatic heterocycles. The van der Waals surface area contributed by atoms with E-state index in [1.807, 2.05) is 0 Å². The van der Waals surface area contributed by atoms with Crippen molar-refractivity contribution in [2.45, 2.75) is 77.0 Å². The molecule has 2 atom stereocenters. The molecule has 0 spiro atoms. The molecule has 2 N–H and O–H groups in total. The Morgan fingerprint density at radius 3 is 2.90 bits per heavy atom. The van der Waals surface area contributed by atoms with E-state index in [9.17, 15) is 0 Å². The lowest BCUT2D eigenvalue weighted by atomic mass is 9.97. The Labute approximate surface area is 121 Å². The van der Waals surface area contributed by atoms with Crippen LogP contribution in [0.2, 0.25) is 0 Å². The van der Waals surface area contributed by atoms with Crippen LogP contribution in [-0.4, -0.2) is 44.3 Å². The molecule has 0 bridgehead atoms. The van der Waals surface area contributed by atoms with Crippen LogP contribution < -0.4 is 5.73 Å². The standard InChI is InChI=1S/C15H27N5/c1-11(2)19-8-4-3-5-13(19)9-15-18-17-14-7-6-12(16)10-20(14)15/h11-13H,3-10,16H2,1-2H3. The van der Waals surface area contributed by atoms with Crippen molar-refractivity contribution in [2.75, 3.05) is 6.54 Å². The van der Waals surface area contributed by atoms with Gasteiger partial charge < -0.3 is 10.3 Å². The molecular formula is C15H27N5. The summed E-state index contributed by atoms with van der Waals surface area (Å²) in [6, 6.07) is 1.51. The average Bonchev–Trinajstić information content (AvgIpc) is 2.82. The van der Waals surface area contributed by atoms with Gasteiger partial charge in [-0.15, -0.1) is 10.2 Å². The van der Waals surface area contributed by atoms with Crippen LogP contribution in [0.3, 0.4) is 0 Å². The molecule has 0 aliphatic carbocycles. The highest BCUT2D eigenvalue weighted by Crippen LogP contribution is 2.23. The SMILES string of the molecule is CC(C)N1CCCCC1Cc1nnc2n1CC(N)CC2. The number of fused-ring (bicyclic) bond motifs is 1. The van der Waals surface area contributed by atoms with Crippen molar-refractivity contribution in [3.05, 3.63) is 11.6 Å². The van der Waals surface area contributed by atoms with E-state index in [0.29, 0.717) is 12.1 Å². The third-order valence-corrected chi connectivity index (χ3v) is 4.81. The number of nitrogens with two attached hydrogens (primary N) is 1. The normalized spacial score (nSPS) is 27.8. The predicted molar refractivity (Wildman–Crippen MR) is 79.5 cm³/mol. The summed E-state index contributed by atoms with van der Waals surface area (Å²) in [6.45, 7) is 6.72. The average molecular weight is 277 g/mol. The van der Waals surface area contributed by atoms with Crippen LogP contribution in [0.4, 0.5) is 0 Å². The molecule has 2 unspecified atom stereocenters. The molecule has 1 saturated heterocycles. The van der Waals surface area contributed by atoms with Gasteiger partial charge in [0.05, 0.1) is 0 Å². The Balaban J connectivity index is 1.75. The number of hydrogen-bond donors (Lipinski definition) is 1. The topological polar surface area (TPSA) is 60.0 Å². The van der Waals surface area contributed by atoms with Gasteiger partial charge >= 0.3 is 0 Å². The first-order valence-electron chi connectivity index (χ1n) is 8.07. The highest BCUT2D eigenvalue weighted by molar-refractivity contribution is 5.03. The molecule has 1 fully saturated rings. The molecule has 112 valence electrons. The number of aryl methyl sites for hydroxylation is 1. The van der Waals surface area contributed by atoms with Crippen LogP contribution >= 0.6 is 0 Å². The summed E-state index contributed by atoms with van der Waals surface area (Å²) in [6.07, 6.45) is 7.00. The first-order valence-corrected chi connectivity index (χ1v) is 8.07. The lowest BCUT2D eigenvalue weighted by molar-refractivity contribution is 0.109. The van der Waals surface area contributed by atoms with Gasteiger partial charge in [-0.25, -0.2) is 0 Å². The second-order valence-electron chi connectivity index (χ2n) is 6.63. The molecule has 0 saturated carbocycles. The Bertz CT molecular complexity index is 453. The zero-order chi connectivity index (χ0) is 14.1. The fourth-order valence-corrected chi connectivity index (χ4v) is 3.69. The predicted octanol–water partition coefficient (Wildman–Crippen LogP) is 1.36. The van der Waals surface area contributed by atoms with E-state index < -0.39 is 0 Å². The lowest BCUT2D eigenvalue weighted by Crippen LogP contribution is -2.45. The molecule has 5 nitrogen and oxygen atoms in total. The quantitative estimate of drug-likeness (QED) is 0.906. The first kappa shape index (κ1) is 14.0. The summed E-state index contributed by atoms with van der Waals surface area (Å²) in [5, 5.41) is 8.82. The van der Waals surface area contributed by atoms with Gasteiger partial charge in [-0.05, 0) is 39.7 Å². The highest BCUT2D eigenvalue weighted by atomic mass is 15.3. The number of hydrogen-bond acceptors (Lipinski definition) is 4. The second-order valence-corrected chi connectivity index (χ2v) is 6.63. The molecule has 0 radical (unpaired) electrons. The van der Waals surface area contributed by atoms with Gasteiger partial charge in [-0.3, -0.25) is 4.90 Å². The van der Waals surface area contributed by atoms with Crippen molar-refractivity contribution in [3.8, 4) is 0 Å². The molecule has 1 aromatic rings. The van der Waals surface area contributed by atoms with Crippen molar-refractivity contribution >= 4 is 0 Å². The van der Waals surface area contributed by atoms with Gasteiger partial charge in [0, 0.05) is 37.5 Å². The number of rotatable bonds is 3. The van der Waals surface area contributed by atoms with Gasteiger partial charge in [-0.2, -0.15) is 0 Å². The molecule has 3 rings (SSSR count).